The molecular formula is C12H11NO5. The van der Waals surface area contributed by atoms with Crippen molar-refractivity contribution in [2.45, 2.75) is 6.61 Å². The molecule has 0 radical (unpaired) electrons. The second-order valence-corrected chi connectivity index (χ2v) is 3.45. The van der Waals surface area contributed by atoms with E-state index in [1.165, 1.54) is 25.5 Å². The highest BCUT2D eigenvalue weighted by atomic mass is 16.5. The van der Waals surface area contributed by atoms with Gasteiger partial charge < -0.3 is 19.1 Å². The third-order valence-electron chi connectivity index (χ3n) is 2.28. The summed E-state index contributed by atoms with van der Waals surface area (Å²) in [5, 5.41) is 12.6. The van der Waals surface area contributed by atoms with E-state index in [0.29, 0.717) is 17.2 Å². The van der Waals surface area contributed by atoms with Crippen LogP contribution in [0.1, 0.15) is 16.1 Å². The normalized spacial score (nSPS) is 10.1. The molecule has 0 aliphatic heterocycles. The highest BCUT2D eigenvalue weighted by Crippen LogP contribution is 2.28. The fourth-order valence-electron chi connectivity index (χ4n) is 1.38. The summed E-state index contributed by atoms with van der Waals surface area (Å²) in [6.07, 6.45) is 1.45. The summed E-state index contributed by atoms with van der Waals surface area (Å²) in [6, 6.07) is 6.07. The predicted octanol–water partition coefficient (Wildman–Crippen LogP) is 1.96. The Morgan fingerprint density at radius 1 is 1.39 bits per heavy atom. The molecule has 18 heavy (non-hydrogen) atoms. The van der Waals surface area contributed by atoms with Crippen molar-refractivity contribution in [3.63, 3.8) is 0 Å². The lowest BCUT2D eigenvalue weighted by Gasteiger charge is -2.09. The molecule has 0 aliphatic rings. The smallest absolute Gasteiger partial charge is 0.335 e. The van der Waals surface area contributed by atoms with Gasteiger partial charge in [-0.2, -0.15) is 0 Å². The fraction of sp³-hybridized carbons (Fsp3) is 0.167. The maximum Gasteiger partial charge on any atom is 0.335 e. The number of carboxylic acid groups (broad SMARTS) is 1. The minimum Gasteiger partial charge on any atom is -0.493 e. The zero-order valence-corrected chi connectivity index (χ0v) is 9.62. The third kappa shape index (κ3) is 2.60. The van der Waals surface area contributed by atoms with Crippen LogP contribution < -0.4 is 9.47 Å². The molecule has 0 amide bonds. The molecule has 0 unspecified atom stereocenters. The van der Waals surface area contributed by atoms with E-state index in [1.807, 2.05) is 0 Å². The van der Waals surface area contributed by atoms with Crippen LogP contribution >= 0.6 is 0 Å². The molecule has 0 aliphatic carbocycles. The number of aromatic nitrogens is 1. The van der Waals surface area contributed by atoms with E-state index in [2.05, 4.69) is 9.68 Å². The number of rotatable bonds is 5. The van der Waals surface area contributed by atoms with Crippen LogP contribution in [-0.2, 0) is 6.61 Å². The van der Waals surface area contributed by atoms with E-state index < -0.39 is 5.97 Å². The highest BCUT2D eigenvalue weighted by molar-refractivity contribution is 5.88. The zero-order chi connectivity index (χ0) is 13.0. The van der Waals surface area contributed by atoms with E-state index in [0.717, 1.165) is 0 Å². The molecular weight excluding hydrogens is 238 g/mol. The molecule has 1 aromatic heterocycles. The molecule has 0 saturated carbocycles. The van der Waals surface area contributed by atoms with Crippen molar-refractivity contribution in [3.8, 4) is 11.5 Å². The summed E-state index contributed by atoms with van der Waals surface area (Å²) >= 11 is 0. The molecule has 6 nitrogen and oxygen atoms in total. The lowest BCUT2D eigenvalue weighted by molar-refractivity contribution is 0.0696. The van der Waals surface area contributed by atoms with Gasteiger partial charge in [-0.05, 0) is 18.2 Å². The molecule has 94 valence electrons. The molecule has 2 rings (SSSR count). The lowest BCUT2D eigenvalue weighted by atomic mass is 10.2. The molecule has 0 bridgehead atoms. The maximum absolute atomic E-state index is 10.8. The van der Waals surface area contributed by atoms with E-state index in [-0.39, 0.29) is 12.2 Å². The maximum atomic E-state index is 10.8. The van der Waals surface area contributed by atoms with Gasteiger partial charge in [-0.15, -0.1) is 0 Å². The van der Waals surface area contributed by atoms with Gasteiger partial charge in [0.15, 0.2) is 11.5 Å². The van der Waals surface area contributed by atoms with Gasteiger partial charge in [0.25, 0.3) is 0 Å². The summed E-state index contributed by atoms with van der Waals surface area (Å²) in [4.78, 5) is 10.8. The molecule has 0 fully saturated rings. The lowest BCUT2D eigenvalue weighted by Crippen LogP contribution is -2.01. The SMILES string of the molecule is COc1cc(C(=O)O)ccc1OCc1ccon1. The van der Waals surface area contributed by atoms with Gasteiger partial charge in [0, 0.05) is 6.07 Å². The van der Waals surface area contributed by atoms with Crippen LogP contribution in [0.2, 0.25) is 0 Å². The number of carbonyl (C=O) groups is 1. The number of benzene rings is 1. The Kier molecular flexibility index (Phi) is 3.47. The van der Waals surface area contributed by atoms with Crippen LogP contribution in [0.25, 0.3) is 0 Å². The average Bonchev–Trinajstić information content (AvgIpc) is 2.89. The van der Waals surface area contributed by atoms with Gasteiger partial charge in [0.1, 0.15) is 18.6 Å². The number of hydrogen-bond donors (Lipinski definition) is 1. The van der Waals surface area contributed by atoms with Gasteiger partial charge >= 0.3 is 5.97 Å². The first kappa shape index (κ1) is 12.0. The molecule has 2 aromatic rings. The van der Waals surface area contributed by atoms with Crippen molar-refractivity contribution in [1.82, 2.24) is 5.16 Å². The summed E-state index contributed by atoms with van der Waals surface area (Å²) in [6.45, 7) is 0.222. The largest absolute Gasteiger partial charge is 0.493 e. The average molecular weight is 249 g/mol. The van der Waals surface area contributed by atoms with Crippen LogP contribution in [0.4, 0.5) is 0 Å². The van der Waals surface area contributed by atoms with Crippen molar-refractivity contribution in [2.24, 2.45) is 0 Å². The van der Waals surface area contributed by atoms with Gasteiger partial charge in [0.05, 0.1) is 12.7 Å². The molecule has 0 spiro atoms. The van der Waals surface area contributed by atoms with E-state index in [1.54, 1.807) is 12.1 Å². The van der Waals surface area contributed by atoms with Crippen molar-refractivity contribution >= 4 is 5.97 Å². The quantitative estimate of drug-likeness (QED) is 0.872. The van der Waals surface area contributed by atoms with Crippen molar-refractivity contribution in [1.29, 1.82) is 0 Å². The number of ether oxygens (including phenoxy) is 2. The van der Waals surface area contributed by atoms with Gasteiger partial charge in [-0.3, -0.25) is 0 Å². The summed E-state index contributed by atoms with van der Waals surface area (Å²) < 4.78 is 15.2. The Bertz CT molecular complexity index is 535. The number of aromatic carboxylic acids is 1. The first-order chi connectivity index (χ1) is 8.70. The van der Waals surface area contributed by atoms with Crippen LogP contribution in [0.15, 0.2) is 35.1 Å². The number of nitrogens with zero attached hydrogens (tertiary/aromatic N) is 1. The van der Waals surface area contributed by atoms with Crippen LogP contribution in [0.5, 0.6) is 11.5 Å². The van der Waals surface area contributed by atoms with Gasteiger partial charge in [0.2, 0.25) is 0 Å². The van der Waals surface area contributed by atoms with E-state index in [9.17, 15) is 4.79 Å². The Labute approximate surface area is 103 Å². The summed E-state index contributed by atoms with van der Waals surface area (Å²) in [5.41, 5.74) is 0.778. The molecule has 0 saturated heterocycles. The van der Waals surface area contributed by atoms with Crippen LogP contribution in [0, 0.1) is 0 Å². The van der Waals surface area contributed by atoms with Crippen molar-refractivity contribution in [3.05, 3.63) is 41.8 Å². The highest BCUT2D eigenvalue weighted by Gasteiger charge is 2.10. The monoisotopic (exact) mass is 249 g/mol. The number of carboxylic acids is 1. The molecule has 1 heterocycles. The van der Waals surface area contributed by atoms with Gasteiger partial charge in [-0.25, -0.2) is 4.79 Å². The van der Waals surface area contributed by atoms with Crippen LogP contribution in [-0.4, -0.2) is 23.3 Å². The standard InChI is InChI=1S/C12H11NO5/c1-16-11-6-8(12(14)15)2-3-10(11)17-7-9-4-5-18-13-9/h2-6H,7H2,1H3,(H,14,15). The van der Waals surface area contributed by atoms with Crippen molar-refractivity contribution < 1.29 is 23.9 Å². The Morgan fingerprint density at radius 2 is 2.22 bits per heavy atom. The fourth-order valence-corrected chi connectivity index (χ4v) is 1.38. The summed E-state index contributed by atoms with van der Waals surface area (Å²) in [7, 11) is 1.45. The first-order valence-corrected chi connectivity index (χ1v) is 5.14. The topological polar surface area (TPSA) is 81.8 Å². The number of methoxy groups -OCH3 is 1. The second-order valence-electron chi connectivity index (χ2n) is 3.45. The first-order valence-electron chi connectivity index (χ1n) is 5.14. The van der Waals surface area contributed by atoms with E-state index >= 15 is 0 Å². The zero-order valence-electron chi connectivity index (χ0n) is 9.62. The molecule has 1 N–H and O–H groups in total. The number of hydrogen-bond acceptors (Lipinski definition) is 5. The molecule has 1 aromatic carbocycles. The summed E-state index contributed by atoms with van der Waals surface area (Å²) in [5.74, 6) is -0.208. The van der Waals surface area contributed by atoms with E-state index in [4.69, 9.17) is 14.6 Å². The third-order valence-corrected chi connectivity index (χ3v) is 2.28. The van der Waals surface area contributed by atoms with Crippen molar-refractivity contribution in [2.75, 3.05) is 7.11 Å². The Balaban J connectivity index is 2.14. The van der Waals surface area contributed by atoms with Gasteiger partial charge in [-0.1, -0.05) is 5.16 Å². The predicted molar refractivity (Wildman–Crippen MR) is 60.8 cm³/mol. The second kappa shape index (κ2) is 5.22. The minimum absolute atomic E-state index is 0.139. The molecule has 0 atom stereocenters. The Hall–Kier alpha value is -2.50. The molecule has 6 heteroatoms. The van der Waals surface area contributed by atoms with Crippen LogP contribution in [0.3, 0.4) is 0 Å². The Morgan fingerprint density at radius 3 is 2.83 bits per heavy atom. The minimum atomic E-state index is -1.02.